The second-order valence-corrected chi connectivity index (χ2v) is 3.46. The second kappa shape index (κ2) is 4.37. The molecule has 0 atom stereocenters. The summed E-state index contributed by atoms with van der Waals surface area (Å²) in [6.45, 7) is 5.03. The summed E-state index contributed by atoms with van der Waals surface area (Å²) in [5.74, 6) is 0. The van der Waals surface area contributed by atoms with Gasteiger partial charge < -0.3 is 5.73 Å². The number of hydrogen-bond acceptors (Lipinski definition) is 2. The van der Waals surface area contributed by atoms with Gasteiger partial charge in [-0.2, -0.15) is 5.10 Å². The Labute approximate surface area is 83.9 Å². The van der Waals surface area contributed by atoms with E-state index >= 15 is 0 Å². The molecule has 0 bridgehead atoms. The lowest BCUT2D eigenvalue weighted by Gasteiger charge is -2.01. The molecule has 0 unspecified atom stereocenters. The monoisotopic (exact) mass is 197 g/mol. The van der Waals surface area contributed by atoms with E-state index in [0.717, 1.165) is 24.4 Å². The van der Waals surface area contributed by atoms with E-state index in [-0.39, 0.29) is 0 Å². The number of hydrogen-bond donors (Lipinski definition) is 1. The van der Waals surface area contributed by atoms with Gasteiger partial charge in [-0.15, -0.1) is 0 Å². The smallest absolute Gasteiger partial charge is 0.0787 e. The van der Waals surface area contributed by atoms with E-state index in [9.17, 15) is 0 Å². The van der Waals surface area contributed by atoms with Crippen molar-refractivity contribution in [2.24, 2.45) is 5.73 Å². The SMILES string of the molecule is CCc1cc(CC(N)=S)n(CC)n1. The van der Waals surface area contributed by atoms with Crippen molar-refractivity contribution in [1.82, 2.24) is 9.78 Å². The van der Waals surface area contributed by atoms with Gasteiger partial charge in [-0.3, -0.25) is 4.68 Å². The summed E-state index contributed by atoms with van der Waals surface area (Å²) in [4.78, 5) is 0.525. The van der Waals surface area contributed by atoms with Crippen LogP contribution in [0.2, 0.25) is 0 Å². The highest BCUT2D eigenvalue weighted by molar-refractivity contribution is 7.80. The largest absolute Gasteiger partial charge is 0.393 e. The molecule has 1 aromatic rings. The predicted octanol–water partition coefficient (Wildman–Crippen LogP) is 1.29. The van der Waals surface area contributed by atoms with E-state index < -0.39 is 0 Å². The van der Waals surface area contributed by atoms with E-state index in [1.165, 1.54) is 0 Å². The third-order valence-electron chi connectivity index (χ3n) is 1.93. The predicted molar refractivity (Wildman–Crippen MR) is 57.8 cm³/mol. The minimum Gasteiger partial charge on any atom is -0.393 e. The van der Waals surface area contributed by atoms with Crippen LogP contribution in [-0.2, 0) is 19.4 Å². The highest BCUT2D eigenvalue weighted by Crippen LogP contribution is 2.06. The maximum atomic E-state index is 5.49. The molecule has 0 saturated heterocycles. The second-order valence-electron chi connectivity index (χ2n) is 2.94. The zero-order chi connectivity index (χ0) is 9.84. The van der Waals surface area contributed by atoms with Crippen LogP contribution in [0.1, 0.15) is 25.2 Å². The molecule has 13 heavy (non-hydrogen) atoms. The van der Waals surface area contributed by atoms with Gasteiger partial charge >= 0.3 is 0 Å². The third-order valence-corrected chi connectivity index (χ3v) is 2.08. The quantitative estimate of drug-likeness (QED) is 0.740. The fourth-order valence-electron chi connectivity index (χ4n) is 1.28. The summed E-state index contributed by atoms with van der Waals surface area (Å²) in [6.07, 6.45) is 1.60. The molecule has 0 fully saturated rings. The van der Waals surface area contributed by atoms with Crippen LogP contribution in [0.25, 0.3) is 0 Å². The van der Waals surface area contributed by atoms with Crippen molar-refractivity contribution < 1.29 is 0 Å². The van der Waals surface area contributed by atoms with Gasteiger partial charge in [0.1, 0.15) is 0 Å². The van der Waals surface area contributed by atoms with Gasteiger partial charge in [-0.25, -0.2) is 0 Å². The minimum absolute atomic E-state index is 0.525. The van der Waals surface area contributed by atoms with Crippen LogP contribution in [0.3, 0.4) is 0 Å². The summed E-state index contributed by atoms with van der Waals surface area (Å²) in [6, 6.07) is 2.07. The van der Waals surface area contributed by atoms with Crippen LogP contribution in [-0.4, -0.2) is 14.8 Å². The van der Waals surface area contributed by atoms with E-state index in [2.05, 4.69) is 25.0 Å². The third kappa shape index (κ3) is 2.52. The summed E-state index contributed by atoms with van der Waals surface area (Å²) in [5, 5.41) is 4.40. The average molecular weight is 197 g/mol. The van der Waals surface area contributed by atoms with Gasteiger partial charge in [-0.1, -0.05) is 19.1 Å². The molecule has 0 spiro atoms. The van der Waals surface area contributed by atoms with Crippen molar-refractivity contribution in [3.05, 3.63) is 17.5 Å². The molecule has 1 heterocycles. The Balaban J connectivity index is 2.90. The van der Waals surface area contributed by atoms with Gasteiger partial charge in [0.2, 0.25) is 0 Å². The Hall–Kier alpha value is -0.900. The van der Waals surface area contributed by atoms with Crippen LogP contribution >= 0.6 is 12.2 Å². The standard InChI is InChI=1S/C9H15N3S/c1-3-7-5-8(6-9(10)13)12(4-2)11-7/h5H,3-4,6H2,1-2H3,(H2,10,13). The molecule has 0 aliphatic heterocycles. The summed E-state index contributed by atoms with van der Waals surface area (Å²) < 4.78 is 1.96. The normalized spacial score (nSPS) is 10.3. The number of nitrogens with two attached hydrogens (primary N) is 1. The topological polar surface area (TPSA) is 43.8 Å². The molecular formula is C9H15N3S. The Morgan fingerprint density at radius 2 is 2.31 bits per heavy atom. The molecule has 0 aliphatic rings. The van der Waals surface area contributed by atoms with E-state index in [1.807, 2.05) is 4.68 Å². The fraction of sp³-hybridized carbons (Fsp3) is 0.556. The minimum atomic E-state index is 0.525. The number of nitrogens with zero attached hydrogens (tertiary/aromatic N) is 2. The zero-order valence-electron chi connectivity index (χ0n) is 8.08. The molecule has 0 aromatic carbocycles. The van der Waals surface area contributed by atoms with Crippen molar-refractivity contribution in [3.8, 4) is 0 Å². The molecule has 0 amide bonds. The van der Waals surface area contributed by atoms with E-state index in [0.29, 0.717) is 11.4 Å². The first-order valence-corrected chi connectivity index (χ1v) is 4.92. The Morgan fingerprint density at radius 1 is 1.62 bits per heavy atom. The molecule has 0 saturated carbocycles. The maximum Gasteiger partial charge on any atom is 0.0787 e. The zero-order valence-corrected chi connectivity index (χ0v) is 8.90. The van der Waals surface area contributed by atoms with Crippen LogP contribution in [0, 0.1) is 0 Å². The lowest BCUT2D eigenvalue weighted by Crippen LogP contribution is -2.14. The molecule has 3 nitrogen and oxygen atoms in total. The average Bonchev–Trinajstić information content (AvgIpc) is 2.46. The van der Waals surface area contributed by atoms with Gasteiger partial charge in [0.25, 0.3) is 0 Å². The van der Waals surface area contributed by atoms with Crippen molar-refractivity contribution in [1.29, 1.82) is 0 Å². The number of aryl methyl sites for hydroxylation is 2. The number of thiocarbonyl (C=S) groups is 1. The van der Waals surface area contributed by atoms with Gasteiger partial charge in [0.15, 0.2) is 0 Å². The molecule has 0 aliphatic carbocycles. The van der Waals surface area contributed by atoms with Crippen LogP contribution in [0.5, 0.6) is 0 Å². The molecule has 72 valence electrons. The highest BCUT2D eigenvalue weighted by atomic mass is 32.1. The van der Waals surface area contributed by atoms with Crippen molar-refractivity contribution in [2.75, 3.05) is 0 Å². The molecule has 1 aromatic heterocycles. The van der Waals surface area contributed by atoms with Crippen molar-refractivity contribution in [2.45, 2.75) is 33.2 Å². The van der Waals surface area contributed by atoms with Crippen molar-refractivity contribution in [3.63, 3.8) is 0 Å². The molecule has 1 rings (SSSR count). The summed E-state index contributed by atoms with van der Waals surface area (Å²) >= 11 is 4.87. The van der Waals surface area contributed by atoms with Crippen LogP contribution in [0.4, 0.5) is 0 Å². The van der Waals surface area contributed by atoms with Gasteiger partial charge in [0, 0.05) is 18.7 Å². The molecular weight excluding hydrogens is 182 g/mol. The molecule has 2 N–H and O–H groups in total. The summed E-state index contributed by atoms with van der Waals surface area (Å²) in [7, 11) is 0. The lowest BCUT2D eigenvalue weighted by molar-refractivity contribution is 0.625. The Morgan fingerprint density at radius 3 is 2.77 bits per heavy atom. The fourth-order valence-corrected chi connectivity index (χ4v) is 1.43. The van der Waals surface area contributed by atoms with Crippen LogP contribution in [0.15, 0.2) is 6.07 Å². The molecule has 4 heteroatoms. The Kier molecular flexibility index (Phi) is 3.42. The first kappa shape index (κ1) is 10.2. The number of aromatic nitrogens is 2. The maximum absolute atomic E-state index is 5.49. The molecule has 0 radical (unpaired) electrons. The van der Waals surface area contributed by atoms with Crippen LogP contribution < -0.4 is 5.73 Å². The first-order chi connectivity index (χ1) is 6.17. The van der Waals surface area contributed by atoms with E-state index in [1.54, 1.807) is 0 Å². The highest BCUT2D eigenvalue weighted by Gasteiger charge is 2.05. The number of rotatable bonds is 4. The van der Waals surface area contributed by atoms with E-state index in [4.69, 9.17) is 18.0 Å². The van der Waals surface area contributed by atoms with Gasteiger partial charge in [-0.05, 0) is 19.4 Å². The Bertz CT molecular complexity index is 304. The first-order valence-electron chi connectivity index (χ1n) is 4.51. The summed E-state index contributed by atoms with van der Waals surface area (Å²) in [5.41, 5.74) is 7.71. The lowest BCUT2D eigenvalue weighted by atomic mass is 10.2. The van der Waals surface area contributed by atoms with Crippen molar-refractivity contribution >= 4 is 17.2 Å². The van der Waals surface area contributed by atoms with Gasteiger partial charge in [0.05, 0.1) is 10.7 Å².